The van der Waals surface area contributed by atoms with E-state index in [0.29, 0.717) is 27.6 Å². The van der Waals surface area contributed by atoms with Crippen molar-refractivity contribution in [3.8, 4) is 0 Å². The van der Waals surface area contributed by atoms with Crippen molar-refractivity contribution in [3.63, 3.8) is 0 Å². The van der Waals surface area contributed by atoms with Crippen LogP contribution < -0.4 is 0 Å². The lowest BCUT2D eigenvalue weighted by molar-refractivity contribution is -0.212. The summed E-state index contributed by atoms with van der Waals surface area (Å²) in [4.78, 5) is 11.9. The average Bonchev–Trinajstić information content (AvgIpc) is 2.74. The minimum Gasteiger partial charge on any atom is -0.462 e. The van der Waals surface area contributed by atoms with Crippen LogP contribution in [-0.2, 0) is 9.53 Å². The highest BCUT2D eigenvalue weighted by atomic mass is 16.5. The Labute approximate surface area is 210 Å². The number of ether oxygens (including phenoxy) is 1. The van der Waals surface area contributed by atoms with E-state index < -0.39 is 0 Å². The third-order valence-electron chi connectivity index (χ3n) is 13.6. The van der Waals surface area contributed by atoms with Gasteiger partial charge in [-0.1, -0.05) is 67.0 Å². The van der Waals surface area contributed by atoms with Crippen molar-refractivity contribution in [2.24, 2.45) is 56.7 Å². The maximum Gasteiger partial charge on any atom is 0.302 e. The zero-order chi connectivity index (χ0) is 24.9. The Kier molecular flexibility index (Phi) is 5.57. The summed E-state index contributed by atoms with van der Waals surface area (Å²) < 4.78 is 5.91. The second-order valence-corrected chi connectivity index (χ2v) is 15.3. The number of fused-ring (bicyclic) bond motifs is 7. The molecule has 2 nitrogen and oxygen atoms in total. The lowest BCUT2D eigenvalue weighted by Gasteiger charge is -2.71. The van der Waals surface area contributed by atoms with Crippen LogP contribution in [0, 0.1) is 56.7 Å². The van der Waals surface area contributed by atoms with Gasteiger partial charge in [-0.2, -0.15) is 0 Å². The van der Waals surface area contributed by atoms with E-state index in [9.17, 15) is 4.79 Å². The summed E-state index contributed by atoms with van der Waals surface area (Å²) in [5, 5.41) is 0. The smallest absolute Gasteiger partial charge is 0.302 e. The molecule has 0 aromatic carbocycles. The van der Waals surface area contributed by atoms with E-state index in [1.807, 2.05) is 5.57 Å². The fourth-order valence-electron chi connectivity index (χ4n) is 11.2. The molecule has 0 spiro atoms. The fourth-order valence-corrected chi connectivity index (χ4v) is 11.2. The third-order valence-corrected chi connectivity index (χ3v) is 13.6. The molecule has 5 aliphatic carbocycles. The molecule has 192 valence electrons. The molecule has 0 aliphatic heterocycles. The van der Waals surface area contributed by atoms with Gasteiger partial charge in [0.25, 0.3) is 0 Å². The van der Waals surface area contributed by atoms with Gasteiger partial charge in [0.1, 0.15) is 6.10 Å². The second-order valence-electron chi connectivity index (χ2n) is 15.3. The summed E-state index contributed by atoms with van der Waals surface area (Å²) in [7, 11) is 0. The molecule has 0 heterocycles. The molecule has 0 saturated heterocycles. The van der Waals surface area contributed by atoms with Gasteiger partial charge in [0.15, 0.2) is 0 Å². The van der Waals surface area contributed by atoms with Gasteiger partial charge >= 0.3 is 5.97 Å². The van der Waals surface area contributed by atoms with Crippen LogP contribution in [0.25, 0.3) is 0 Å². The van der Waals surface area contributed by atoms with Gasteiger partial charge < -0.3 is 4.74 Å². The number of esters is 1. The molecule has 0 unspecified atom stereocenters. The van der Waals surface area contributed by atoms with E-state index in [2.05, 4.69) is 61.5 Å². The van der Waals surface area contributed by atoms with E-state index in [-0.39, 0.29) is 17.5 Å². The van der Waals surface area contributed by atoms with E-state index in [1.54, 1.807) is 6.92 Å². The molecule has 0 N–H and O–H groups in total. The average molecular weight is 469 g/mol. The zero-order valence-electron chi connectivity index (χ0n) is 23.7. The number of rotatable bonds is 1. The van der Waals surface area contributed by atoms with Crippen LogP contribution in [-0.4, -0.2) is 12.1 Å². The molecule has 4 saturated carbocycles. The van der Waals surface area contributed by atoms with Crippen molar-refractivity contribution in [1.82, 2.24) is 0 Å². The first-order valence-corrected chi connectivity index (χ1v) is 14.6. The zero-order valence-corrected chi connectivity index (χ0v) is 23.7. The number of hydrogen-bond acceptors (Lipinski definition) is 2. The van der Waals surface area contributed by atoms with E-state index >= 15 is 0 Å². The SMILES string of the molecule is CC(=O)O[C@@H]1CC[C@@]2(C)[C@H]3CC=C4[C@H]5[C@H](C)[C@@H](C)CC[C@@]5(C)CC[C@@]4(C)[C@]3(C)CC[C@H]2C1(C)C. The highest BCUT2D eigenvalue weighted by molar-refractivity contribution is 5.66. The molecule has 0 aromatic heterocycles. The van der Waals surface area contributed by atoms with Crippen molar-refractivity contribution in [3.05, 3.63) is 11.6 Å². The summed E-state index contributed by atoms with van der Waals surface area (Å²) in [6.45, 7) is 22.1. The topological polar surface area (TPSA) is 26.3 Å². The van der Waals surface area contributed by atoms with Crippen LogP contribution in [0.4, 0.5) is 0 Å². The van der Waals surface area contributed by atoms with Crippen LogP contribution >= 0.6 is 0 Å². The Morgan fingerprint density at radius 1 is 0.882 bits per heavy atom. The van der Waals surface area contributed by atoms with Crippen molar-refractivity contribution in [2.75, 3.05) is 0 Å². The molecule has 5 rings (SSSR count). The number of carbonyl (C=O) groups is 1. The Hall–Kier alpha value is -0.790. The molecule has 10 atom stereocenters. The molecular formula is C32H52O2. The summed E-state index contributed by atoms with van der Waals surface area (Å²) in [5.41, 5.74) is 3.44. The van der Waals surface area contributed by atoms with Gasteiger partial charge in [-0.15, -0.1) is 0 Å². The van der Waals surface area contributed by atoms with E-state index in [4.69, 9.17) is 4.74 Å². The first-order valence-electron chi connectivity index (χ1n) is 14.6. The lowest BCUT2D eigenvalue weighted by atomic mass is 9.33. The van der Waals surface area contributed by atoms with Gasteiger partial charge in [0.2, 0.25) is 0 Å². The maximum atomic E-state index is 11.9. The summed E-state index contributed by atoms with van der Waals surface area (Å²) in [5.74, 6) is 3.66. The van der Waals surface area contributed by atoms with Gasteiger partial charge in [0, 0.05) is 12.3 Å². The standard InChI is InChI=1S/C32H52O2/c1-20-12-15-29(6)18-19-31(8)23(27(29)21(20)2)10-11-25-30(7)16-14-26(34-22(3)33)28(4,5)24(30)13-17-32(25,31)9/h10,20-21,24-27H,11-19H2,1-9H3/t20-,21+,24-,25+,26+,27+,29-,30+,31+,32+/m0/s1. The summed E-state index contributed by atoms with van der Waals surface area (Å²) in [6.07, 6.45) is 14.6. The molecule has 0 radical (unpaired) electrons. The number of hydrogen-bond donors (Lipinski definition) is 0. The highest BCUT2D eigenvalue weighted by Crippen LogP contribution is 2.75. The van der Waals surface area contributed by atoms with Crippen molar-refractivity contribution in [1.29, 1.82) is 0 Å². The van der Waals surface area contributed by atoms with Gasteiger partial charge in [-0.3, -0.25) is 4.79 Å². The predicted molar refractivity (Wildman–Crippen MR) is 140 cm³/mol. The molecule has 0 amide bonds. The molecular weight excluding hydrogens is 416 g/mol. The van der Waals surface area contributed by atoms with E-state index in [1.165, 1.54) is 51.4 Å². The van der Waals surface area contributed by atoms with Crippen LogP contribution in [0.5, 0.6) is 0 Å². The van der Waals surface area contributed by atoms with Gasteiger partial charge in [-0.05, 0) is 109 Å². The van der Waals surface area contributed by atoms with Crippen LogP contribution in [0.1, 0.15) is 120 Å². The number of carbonyl (C=O) groups excluding carboxylic acids is 1. The van der Waals surface area contributed by atoms with Crippen LogP contribution in [0.3, 0.4) is 0 Å². The quantitative estimate of drug-likeness (QED) is 0.284. The Morgan fingerprint density at radius 2 is 1.59 bits per heavy atom. The number of allylic oxidation sites excluding steroid dienone is 2. The highest BCUT2D eigenvalue weighted by Gasteiger charge is 2.68. The maximum absolute atomic E-state index is 11.9. The predicted octanol–water partition coefficient (Wildman–Crippen LogP) is 8.60. The molecule has 0 bridgehead atoms. The van der Waals surface area contributed by atoms with Crippen molar-refractivity contribution < 1.29 is 9.53 Å². The first kappa shape index (κ1) is 24.9. The molecule has 5 aliphatic rings. The Balaban J connectivity index is 1.54. The fraction of sp³-hybridized carbons (Fsp3) is 0.906. The third kappa shape index (κ3) is 3.08. The minimum atomic E-state index is -0.110. The first-order chi connectivity index (χ1) is 15.7. The van der Waals surface area contributed by atoms with Gasteiger partial charge in [0.05, 0.1) is 0 Å². The molecule has 0 aromatic rings. The molecule has 4 fully saturated rings. The molecule has 2 heteroatoms. The Morgan fingerprint density at radius 3 is 2.26 bits per heavy atom. The lowest BCUT2D eigenvalue weighted by Crippen LogP contribution is -2.65. The van der Waals surface area contributed by atoms with Crippen LogP contribution in [0.2, 0.25) is 0 Å². The monoisotopic (exact) mass is 468 g/mol. The summed E-state index contributed by atoms with van der Waals surface area (Å²) in [6, 6.07) is 0. The van der Waals surface area contributed by atoms with Crippen molar-refractivity contribution >= 4 is 5.97 Å². The largest absolute Gasteiger partial charge is 0.462 e. The molecule has 34 heavy (non-hydrogen) atoms. The minimum absolute atomic E-state index is 0.0450. The van der Waals surface area contributed by atoms with Gasteiger partial charge in [-0.25, -0.2) is 0 Å². The van der Waals surface area contributed by atoms with Crippen molar-refractivity contribution in [2.45, 2.75) is 126 Å². The second kappa shape index (κ2) is 7.61. The summed E-state index contributed by atoms with van der Waals surface area (Å²) >= 11 is 0. The normalized spacial score (nSPS) is 54.0. The van der Waals surface area contributed by atoms with Crippen LogP contribution in [0.15, 0.2) is 11.6 Å². The van der Waals surface area contributed by atoms with E-state index in [0.717, 1.165) is 30.1 Å². The Bertz CT molecular complexity index is 885.